The number of carbonyl (C=O) groups excluding carboxylic acids is 1. The SMILES string of the molecule is Cc1cccc(NC(=O)C[NH+](C)Cc2cccs2)c1. The molecule has 0 spiro atoms. The van der Waals surface area contributed by atoms with Crippen molar-refractivity contribution in [3.8, 4) is 0 Å². The summed E-state index contributed by atoms with van der Waals surface area (Å²) in [4.78, 5) is 14.4. The number of hydrogen-bond donors (Lipinski definition) is 2. The van der Waals surface area contributed by atoms with E-state index in [0.29, 0.717) is 6.54 Å². The van der Waals surface area contributed by atoms with Crippen LogP contribution >= 0.6 is 11.3 Å². The summed E-state index contributed by atoms with van der Waals surface area (Å²) in [6, 6.07) is 12.0. The van der Waals surface area contributed by atoms with Crippen molar-refractivity contribution in [2.75, 3.05) is 18.9 Å². The number of quaternary nitrogens is 1. The number of amides is 1. The molecule has 2 aromatic rings. The van der Waals surface area contributed by atoms with E-state index in [1.165, 1.54) is 9.78 Å². The van der Waals surface area contributed by atoms with Gasteiger partial charge in [-0.2, -0.15) is 0 Å². The number of thiophene rings is 1. The summed E-state index contributed by atoms with van der Waals surface area (Å²) in [5.74, 6) is 0.0552. The molecule has 0 aliphatic rings. The van der Waals surface area contributed by atoms with Crippen LogP contribution in [0.3, 0.4) is 0 Å². The fourth-order valence-corrected chi connectivity index (χ4v) is 2.79. The van der Waals surface area contributed by atoms with Crippen LogP contribution in [-0.2, 0) is 11.3 Å². The van der Waals surface area contributed by atoms with Crippen LogP contribution in [0.4, 0.5) is 5.69 Å². The van der Waals surface area contributed by atoms with Crippen molar-refractivity contribution in [1.82, 2.24) is 0 Å². The fourth-order valence-electron chi connectivity index (χ4n) is 1.98. The molecule has 1 aromatic carbocycles. The monoisotopic (exact) mass is 275 g/mol. The van der Waals surface area contributed by atoms with E-state index in [2.05, 4.69) is 16.8 Å². The molecule has 0 aliphatic heterocycles. The largest absolute Gasteiger partial charge is 0.325 e. The van der Waals surface area contributed by atoms with Gasteiger partial charge in [0, 0.05) is 5.69 Å². The van der Waals surface area contributed by atoms with Gasteiger partial charge in [-0.25, -0.2) is 0 Å². The molecule has 0 saturated heterocycles. The molecule has 1 amide bonds. The van der Waals surface area contributed by atoms with E-state index < -0.39 is 0 Å². The number of hydrogen-bond acceptors (Lipinski definition) is 2. The van der Waals surface area contributed by atoms with Gasteiger partial charge < -0.3 is 10.2 Å². The fraction of sp³-hybridized carbons (Fsp3) is 0.267. The summed E-state index contributed by atoms with van der Waals surface area (Å²) in [5.41, 5.74) is 2.02. The summed E-state index contributed by atoms with van der Waals surface area (Å²) in [7, 11) is 2.04. The van der Waals surface area contributed by atoms with E-state index in [1.54, 1.807) is 11.3 Å². The average molecular weight is 275 g/mol. The lowest BCUT2D eigenvalue weighted by Crippen LogP contribution is -3.08. The Morgan fingerprint density at radius 1 is 1.32 bits per heavy atom. The minimum absolute atomic E-state index is 0.0552. The predicted octanol–water partition coefficient (Wildman–Crippen LogP) is 1.71. The molecule has 0 bridgehead atoms. The van der Waals surface area contributed by atoms with Gasteiger partial charge in [-0.3, -0.25) is 4.79 Å². The molecule has 100 valence electrons. The minimum Gasteiger partial charge on any atom is -0.325 e. The zero-order chi connectivity index (χ0) is 13.7. The molecule has 0 aliphatic carbocycles. The smallest absolute Gasteiger partial charge is 0.279 e. The minimum atomic E-state index is 0.0552. The molecule has 1 aromatic heterocycles. The maximum atomic E-state index is 11.9. The summed E-state index contributed by atoms with van der Waals surface area (Å²) < 4.78 is 0. The number of carbonyl (C=O) groups is 1. The van der Waals surface area contributed by atoms with Gasteiger partial charge in [0.05, 0.1) is 11.9 Å². The standard InChI is InChI=1S/C15H18N2OS/c1-12-5-3-6-13(9-12)16-15(18)11-17(2)10-14-7-4-8-19-14/h3-9H,10-11H2,1-2H3,(H,16,18)/p+1. The lowest BCUT2D eigenvalue weighted by Gasteiger charge is -2.13. The number of rotatable bonds is 5. The first-order chi connectivity index (χ1) is 9.13. The molecule has 1 heterocycles. The Bertz CT molecular complexity index is 537. The summed E-state index contributed by atoms with van der Waals surface area (Å²) >= 11 is 1.73. The van der Waals surface area contributed by atoms with Crippen LogP contribution in [0.5, 0.6) is 0 Å². The third-order valence-corrected chi connectivity index (χ3v) is 3.70. The molecular weight excluding hydrogens is 256 g/mol. The summed E-state index contributed by atoms with van der Waals surface area (Å²) in [6.07, 6.45) is 0. The molecule has 4 heteroatoms. The maximum Gasteiger partial charge on any atom is 0.279 e. The number of anilines is 1. The van der Waals surface area contributed by atoms with Crippen LogP contribution in [-0.4, -0.2) is 19.5 Å². The van der Waals surface area contributed by atoms with E-state index in [-0.39, 0.29) is 5.91 Å². The first kappa shape index (κ1) is 13.8. The van der Waals surface area contributed by atoms with Gasteiger partial charge in [-0.15, -0.1) is 11.3 Å². The third-order valence-electron chi connectivity index (χ3n) is 2.82. The lowest BCUT2D eigenvalue weighted by atomic mass is 10.2. The van der Waals surface area contributed by atoms with Crippen molar-refractivity contribution in [3.63, 3.8) is 0 Å². The van der Waals surface area contributed by atoms with Gasteiger partial charge in [0.15, 0.2) is 6.54 Å². The van der Waals surface area contributed by atoms with Gasteiger partial charge in [0.2, 0.25) is 0 Å². The van der Waals surface area contributed by atoms with Gasteiger partial charge in [0.1, 0.15) is 6.54 Å². The molecule has 0 radical (unpaired) electrons. The van der Waals surface area contributed by atoms with Crippen LogP contribution < -0.4 is 10.2 Å². The Morgan fingerprint density at radius 2 is 2.16 bits per heavy atom. The Morgan fingerprint density at radius 3 is 2.84 bits per heavy atom. The molecule has 3 nitrogen and oxygen atoms in total. The average Bonchev–Trinajstić information content (AvgIpc) is 2.81. The van der Waals surface area contributed by atoms with Gasteiger partial charge in [-0.05, 0) is 36.1 Å². The van der Waals surface area contributed by atoms with E-state index in [1.807, 2.05) is 44.3 Å². The first-order valence-electron chi connectivity index (χ1n) is 6.33. The van der Waals surface area contributed by atoms with E-state index in [0.717, 1.165) is 17.8 Å². The van der Waals surface area contributed by atoms with E-state index in [9.17, 15) is 4.79 Å². The third kappa shape index (κ3) is 4.50. The molecule has 19 heavy (non-hydrogen) atoms. The topological polar surface area (TPSA) is 33.5 Å². The van der Waals surface area contributed by atoms with Crippen molar-refractivity contribution in [1.29, 1.82) is 0 Å². The maximum absolute atomic E-state index is 11.9. The molecule has 0 fully saturated rings. The molecular formula is C15H19N2OS+. The Balaban J connectivity index is 1.84. The number of aryl methyl sites for hydroxylation is 1. The molecule has 1 unspecified atom stereocenters. The van der Waals surface area contributed by atoms with Crippen molar-refractivity contribution in [2.24, 2.45) is 0 Å². The van der Waals surface area contributed by atoms with E-state index in [4.69, 9.17) is 0 Å². The van der Waals surface area contributed by atoms with Crippen molar-refractivity contribution < 1.29 is 9.69 Å². The summed E-state index contributed by atoms with van der Waals surface area (Å²) in [5, 5.41) is 5.00. The first-order valence-corrected chi connectivity index (χ1v) is 7.21. The zero-order valence-electron chi connectivity index (χ0n) is 11.3. The zero-order valence-corrected chi connectivity index (χ0v) is 12.1. The molecule has 0 saturated carbocycles. The van der Waals surface area contributed by atoms with Gasteiger partial charge in [-0.1, -0.05) is 18.2 Å². The van der Waals surface area contributed by atoms with Crippen molar-refractivity contribution >= 4 is 22.9 Å². The molecule has 2 rings (SSSR count). The van der Waals surface area contributed by atoms with Gasteiger partial charge >= 0.3 is 0 Å². The normalized spacial score (nSPS) is 12.1. The number of nitrogens with one attached hydrogen (secondary N) is 2. The van der Waals surface area contributed by atoms with Crippen LogP contribution in [0, 0.1) is 6.92 Å². The van der Waals surface area contributed by atoms with Crippen LogP contribution in [0.1, 0.15) is 10.4 Å². The van der Waals surface area contributed by atoms with Crippen LogP contribution in [0.25, 0.3) is 0 Å². The Hall–Kier alpha value is -1.65. The Labute approximate surface area is 117 Å². The number of likely N-dealkylation sites (N-methyl/N-ethyl adjacent to an activating group) is 1. The highest BCUT2D eigenvalue weighted by atomic mass is 32.1. The second kappa shape index (κ2) is 6.50. The highest BCUT2D eigenvalue weighted by Gasteiger charge is 2.11. The van der Waals surface area contributed by atoms with Gasteiger partial charge in [0.25, 0.3) is 5.91 Å². The lowest BCUT2D eigenvalue weighted by molar-refractivity contribution is -0.884. The highest BCUT2D eigenvalue weighted by molar-refractivity contribution is 7.09. The van der Waals surface area contributed by atoms with Crippen LogP contribution in [0.15, 0.2) is 41.8 Å². The molecule has 1 atom stereocenters. The predicted molar refractivity (Wildman–Crippen MR) is 79.6 cm³/mol. The second-order valence-electron chi connectivity index (χ2n) is 4.81. The van der Waals surface area contributed by atoms with Crippen molar-refractivity contribution in [2.45, 2.75) is 13.5 Å². The summed E-state index contributed by atoms with van der Waals surface area (Å²) in [6.45, 7) is 3.38. The second-order valence-corrected chi connectivity index (χ2v) is 5.84. The molecule has 2 N–H and O–H groups in total. The van der Waals surface area contributed by atoms with Crippen molar-refractivity contribution in [3.05, 3.63) is 52.2 Å². The Kier molecular flexibility index (Phi) is 4.71. The van der Waals surface area contributed by atoms with E-state index >= 15 is 0 Å². The highest BCUT2D eigenvalue weighted by Crippen LogP contribution is 2.09. The number of benzene rings is 1. The quantitative estimate of drug-likeness (QED) is 0.856. The van der Waals surface area contributed by atoms with Crippen LogP contribution in [0.2, 0.25) is 0 Å².